The zero-order valence-electron chi connectivity index (χ0n) is 12.3. The molecule has 4 nitrogen and oxygen atoms in total. The van der Waals surface area contributed by atoms with Crippen molar-refractivity contribution in [3.8, 4) is 17.0 Å². The lowest BCUT2D eigenvalue weighted by atomic mass is 10.2. The second kappa shape index (κ2) is 7.42. The Morgan fingerprint density at radius 3 is 2.58 bits per heavy atom. The summed E-state index contributed by atoms with van der Waals surface area (Å²) in [6, 6.07) is 12.8. The fourth-order valence-electron chi connectivity index (χ4n) is 1.92. The van der Waals surface area contributed by atoms with Crippen molar-refractivity contribution in [1.82, 2.24) is 4.98 Å². The molecule has 0 saturated heterocycles. The third-order valence-electron chi connectivity index (χ3n) is 3.07. The van der Waals surface area contributed by atoms with Crippen LogP contribution in [0.1, 0.15) is 0 Å². The first-order valence-corrected chi connectivity index (χ1v) is 8.25. The smallest absolute Gasteiger partial charge is 0.264 e. The van der Waals surface area contributed by atoms with Crippen molar-refractivity contribution in [3.63, 3.8) is 0 Å². The molecule has 0 aliphatic heterocycles. The molecule has 0 bridgehead atoms. The predicted octanol–water partition coefficient (Wildman–Crippen LogP) is 4.62. The zero-order valence-corrected chi connectivity index (χ0v) is 13.9. The van der Waals surface area contributed by atoms with Gasteiger partial charge < -0.3 is 4.74 Å². The van der Waals surface area contributed by atoms with Crippen LogP contribution in [-0.4, -0.2) is 17.5 Å². The minimum Gasteiger partial charge on any atom is -0.484 e. The molecule has 0 fully saturated rings. The lowest BCUT2D eigenvalue weighted by Crippen LogP contribution is -2.20. The summed E-state index contributed by atoms with van der Waals surface area (Å²) in [5.74, 6) is -0.0625. The van der Waals surface area contributed by atoms with E-state index < -0.39 is 0 Å². The number of ether oxygens (including phenoxy) is 1. The number of carbonyl (C=O) groups is 1. The Bertz CT molecular complexity index is 835. The number of rotatable bonds is 5. The standard InChI is InChI=1S/C17H12ClFN2O2S/c18-12-3-7-14(8-4-12)23-9-16(22)21-17-20-15(10-24-17)11-1-5-13(19)6-2-11/h1-8,10H,9H2,(H,20,21,22). The van der Waals surface area contributed by atoms with Gasteiger partial charge in [-0.3, -0.25) is 10.1 Å². The minimum absolute atomic E-state index is 0.132. The average Bonchev–Trinajstić information content (AvgIpc) is 3.03. The van der Waals surface area contributed by atoms with Crippen molar-refractivity contribution < 1.29 is 13.9 Å². The maximum Gasteiger partial charge on any atom is 0.264 e. The summed E-state index contributed by atoms with van der Waals surface area (Å²) >= 11 is 7.07. The Balaban J connectivity index is 1.57. The molecular formula is C17H12ClFN2O2S. The fourth-order valence-corrected chi connectivity index (χ4v) is 2.78. The summed E-state index contributed by atoms with van der Waals surface area (Å²) in [4.78, 5) is 16.2. The molecule has 3 rings (SSSR count). The first-order chi connectivity index (χ1) is 11.6. The number of hydrogen-bond acceptors (Lipinski definition) is 4. The molecule has 0 radical (unpaired) electrons. The van der Waals surface area contributed by atoms with Crippen LogP contribution < -0.4 is 10.1 Å². The highest BCUT2D eigenvalue weighted by molar-refractivity contribution is 7.14. The number of amides is 1. The summed E-state index contributed by atoms with van der Waals surface area (Å²) in [7, 11) is 0. The number of nitrogens with zero attached hydrogens (tertiary/aromatic N) is 1. The number of benzene rings is 2. The second-order valence-electron chi connectivity index (χ2n) is 4.84. The topological polar surface area (TPSA) is 51.2 Å². The number of thiazole rings is 1. The fraction of sp³-hybridized carbons (Fsp3) is 0.0588. The summed E-state index contributed by atoms with van der Waals surface area (Å²) < 4.78 is 18.3. The van der Waals surface area contributed by atoms with Crippen LogP contribution in [0.5, 0.6) is 5.75 Å². The van der Waals surface area contributed by atoms with E-state index in [1.807, 2.05) is 0 Å². The van der Waals surface area contributed by atoms with Gasteiger partial charge in [-0.1, -0.05) is 11.6 Å². The van der Waals surface area contributed by atoms with Gasteiger partial charge in [0.2, 0.25) is 0 Å². The predicted molar refractivity (Wildman–Crippen MR) is 93.1 cm³/mol. The van der Waals surface area contributed by atoms with E-state index in [0.29, 0.717) is 21.6 Å². The Morgan fingerprint density at radius 1 is 1.17 bits per heavy atom. The van der Waals surface area contributed by atoms with Crippen LogP contribution in [0.4, 0.5) is 9.52 Å². The molecule has 1 heterocycles. The highest BCUT2D eigenvalue weighted by atomic mass is 35.5. The lowest BCUT2D eigenvalue weighted by molar-refractivity contribution is -0.118. The van der Waals surface area contributed by atoms with Crippen molar-refractivity contribution in [1.29, 1.82) is 0 Å². The molecule has 122 valence electrons. The van der Waals surface area contributed by atoms with Crippen LogP contribution in [0.2, 0.25) is 5.02 Å². The quantitative estimate of drug-likeness (QED) is 0.720. The van der Waals surface area contributed by atoms with E-state index in [1.54, 1.807) is 41.8 Å². The minimum atomic E-state index is -0.315. The SMILES string of the molecule is O=C(COc1ccc(Cl)cc1)Nc1nc(-c2ccc(F)cc2)cs1. The average molecular weight is 363 g/mol. The number of nitrogens with one attached hydrogen (secondary N) is 1. The van der Waals surface area contributed by atoms with Crippen molar-refractivity contribution >= 4 is 34.0 Å². The summed E-state index contributed by atoms with van der Waals surface area (Å²) in [6.07, 6.45) is 0. The lowest BCUT2D eigenvalue weighted by Gasteiger charge is -2.05. The van der Waals surface area contributed by atoms with E-state index in [1.165, 1.54) is 23.5 Å². The number of anilines is 1. The molecule has 0 aliphatic carbocycles. The van der Waals surface area contributed by atoms with E-state index in [4.69, 9.17) is 16.3 Å². The number of halogens is 2. The van der Waals surface area contributed by atoms with Gasteiger partial charge in [-0.2, -0.15) is 0 Å². The molecule has 0 atom stereocenters. The monoisotopic (exact) mass is 362 g/mol. The molecule has 0 aliphatic rings. The summed E-state index contributed by atoms with van der Waals surface area (Å²) in [5.41, 5.74) is 1.46. The van der Waals surface area contributed by atoms with E-state index in [9.17, 15) is 9.18 Å². The van der Waals surface area contributed by atoms with Gasteiger partial charge in [0.05, 0.1) is 5.69 Å². The van der Waals surface area contributed by atoms with Crippen molar-refractivity contribution in [3.05, 3.63) is 64.8 Å². The van der Waals surface area contributed by atoms with Gasteiger partial charge in [-0.25, -0.2) is 9.37 Å². The Hall–Kier alpha value is -2.44. The molecule has 0 saturated carbocycles. The summed E-state index contributed by atoms with van der Waals surface area (Å²) in [5, 5.41) is 5.52. The highest BCUT2D eigenvalue weighted by Crippen LogP contribution is 2.25. The maximum atomic E-state index is 12.9. The third kappa shape index (κ3) is 4.31. The molecule has 2 aromatic carbocycles. The Morgan fingerprint density at radius 2 is 1.88 bits per heavy atom. The summed E-state index contributed by atoms with van der Waals surface area (Å²) in [6.45, 7) is -0.132. The van der Waals surface area contributed by atoms with Crippen molar-refractivity contribution in [2.24, 2.45) is 0 Å². The number of aromatic nitrogens is 1. The Labute approximate surface area is 146 Å². The molecule has 1 aromatic heterocycles. The van der Waals surface area contributed by atoms with E-state index in [2.05, 4.69) is 10.3 Å². The molecule has 0 spiro atoms. The van der Waals surface area contributed by atoms with Crippen molar-refractivity contribution in [2.45, 2.75) is 0 Å². The van der Waals surface area contributed by atoms with Crippen LogP contribution in [0.15, 0.2) is 53.9 Å². The third-order valence-corrected chi connectivity index (χ3v) is 4.08. The Kier molecular flexibility index (Phi) is 5.08. The highest BCUT2D eigenvalue weighted by Gasteiger charge is 2.09. The van der Waals surface area contributed by atoms with Crippen LogP contribution in [-0.2, 0) is 4.79 Å². The maximum absolute atomic E-state index is 12.9. The normalized spacial score (nSPS) is 10.4. The van der Waals surface area contributed by atoms with Gasteiger partial charge >= 0.3 is 0 Å². The van der Waals surface area contributed by atoms with Gasteiger partial charge in [-0.15, -0.1) is 11.3 Å². The van der Waals surface area contributed by atoms with Crippen molar-refractivity contribution in [2.75, 3.05) is 11.9 Å². The second-order valence-corrected chi connectivity index (χ2v) is 6.13. The van der Waals surface area contributed by atoms with E-state index in [0.717, 1.165) is 5.56 Å². The number of carbonyl (C=O) groups excluding carboxylic acids is 1. The van der Waals surface area contributed by atoms with Gasteiger partial charge in [0, 0.05) is 16.0 Å². The largest absolute Gasteiger partial charge is 0.484 e. The molecule has 1 N–H and O–H groups in total. The van der Waals surface area contributed by atoms with E-state index in [-0.39, 0.29) is 18.3 Å². The molecular weight excluding hydrogens is 351 g/mol. The molecule has 0 unspecified atom stereocenters. The first kappa shape index (κ1) is 16.4. The van der Waals surface area contributed by atoms with Crippen LogP contribution in [0, 0.1) is 5.82 Å². The van der Waals surface area contributed by atoms with Crippen LogP contribution >= 0.6 is 22.9 Å². The van der Waals surface area contributed by atoms with Gasteiger partial charge in [0.1, 0.15) is 11.6 Å². The zero-order chi connectivity index (χ0) is 16.9. The van der Waals surface area contributed by atoms with Gasteiger partial charge in [-0.05, 0) is 48.5 Å². The first-order valence-electron chi connectivity index (χ1n) is 7.00. The molecule has 24 heavy (non-hydrogen) atoms. The molecule has 7 heteroatoms. The molecule has 3 aromatic rings. The number of hydrogen-bond donors (Lipinski definition) is 1. The van der Waals surface area contributed by atoms with Crippen LogP contribution in [0.25, 0.3) is 11.3 Å². The van der Waals surface area contributed by atoms with Gasteiger partial charge in [0.15, 0.2) is 11.7 Å². The van der Waals surface area contributed by atoms with E-state index >= 15 is 0 Å². The van der Waals surface area contributed by atoms with Crippen LogP contribution in [0.3, 0.4) is 0 Å². The molecule has 1 amide bonds. The van der Waals surface area contributed by atoms with Gasteiger partial charge in [0.25, 0.3) is 5.91 Å².